The van der Waals surface area contributed by atoms with Crippen molar-refractivity contribution < 1.29 is 43.0 Å². The van der Waals surface area contributed by atoms with Crippen molar-refractivity contribution in [3.8, 4) is 17.2 Å². The third-order valence-corrected chi connectivity index (χ3v) is 12.4. The molecule has 3 N–H and O–H groups in total. The van der Waals surface area contributed by atoms with E-state index in [-0.39, 0.29) is 51.3 Å². The van der Waals surface area contributed by atoms with E-state index in [9.17, 15) is 19.4 Å². The van der Waals surface area contributed by atoms with Crippen molar-refractivity contribution in [3.63, 3.8) is 0 Å². The van der Waals surface area contributed by atoms with E-state index in [0.717, 1.165) is 42.4 Å². The minimum atomic E-state index is -4.41. The molecule has 300 valence electrons. The molecule has 6 rings (SSSR count). The van der Waals surface area contributed by atoms with Crippen LogP contribution in [-0.2, 0) is 46.9 Å². The molecule has 0 bridgehead atoms. The highest BCUT2D eigenvalue weighted by atomic mass is 31.2. The number of hydrogen-bond acceptors (Lipinski definition) is 8. The topological polar surface area (TPSA) is 133 Å². The quantitative estimate of drug-likeness (QED) is 0.0491. The smallest absolute Gasteiger partial charge is 0.410 e. The second-order valence-electron chi connectivity index (χ2n) is 14.2. The summed E-state index contributed by atoms with van der Waals surface area (Å²) in [5.74, 6) is 2.00. The normalized spacial score (nSPS) is 14.9. The summed E-state index contributed by atoms with van der Waals surface area (Å²) < 4.78 is 44.8. The van der Waals surface area contributed by atoms with E-state index in [0.29, 0.717) is 41.6 Å². The lowest BCUT2D eigenvalue weighted by molar-refractivity contribution is -0.0351. The number of hydrogen-bond donors (Lipinski definition) is 3. The molecule has 0 spiro atoms. The number of ether oxygens (including phenoxy) is 5. The maximum Gasteiger partial charge on any atom is 0.410 e. The van der Waals surface area contributed by atoms with Crippen molar-refractivity contribution in [1.29, 1.82) is 0 Å². The van der Waals surface area contributed by atoms with Crippen molar-refractivity contribution in [2.45, 2.75) is 82.9 Å². The van der Waals surface area contributed by atoms with Gasteiger partial charge >= 0.3 is 6.09 Å². The van der Waals surface area contributed by atoms with Crippen LogP contribution < -0.4 is 19.5 Å². The Balaban J connectivity index is 1.15. The molecule has 1 amide bonds. The Morgan fingerprint density at radius 3 is 1.79 bits per heavy atom. The molecule has 1 aliphatic rings. The fourth-order valence-electron chi connectivity index (χ4n) is 6.71. The Kier molecular flexibility index (Phi) is 15.2. The van der Waals surface area contributed by atoms with Gasteiger partial charge in [0.05, 0.1) is 12.7 Å². The molecule has 2 atom stereocenters. The van der Waals surface area contributed by atoms with Gasteiger partial charge in [0.2, 0.25) is 5.47 Å². The highest BCUT2D eigenvalue weighted by Gasteiger charge is 2.50. The number of amides is 1. The summed E-state index contributed by atoms with van der Waals surface area (Å²) in [4.78, 5) is 25.6. The summed E-state index contributed by atoms with van der Waals surface area (Å²) in [6.07, 6.45) is 3.29. The van der Waals surface area contributed by atoms with Crippen molar-refractivity contribution in [3.05, 3.63) is 161 Å². The first kappa shape index (κ1) is 41.5. The van der Waals surface area contributed by atoms with Gasteiger partial charge in [-0.25, -0.2) is 4.79 Å². The molecular formula is C46H52NO9P. The number of benzene rings is 5. The molecule has 57 heavy (non-hydrogen) atoms. The van der Waals surface area contributed by atoms with E-state index in [4.69, 9.17) is 23.7 Å². The second kappa shape index (κ2) is 20.9. The van der Waals surface area contributed by atoms with Crippen LogP contribution in [0, 0.1) is 0 Å². The molecule has 2 unspecified atom stereocenters. The van der Waals surface area contributed by atoms with E-state index in [1.807, 2.05) is 97.1 Å². The van der Waals surface area contributed by atoms with Gasteiger partial charge in [-0.3, -0.25) is 9.88 Å². The van der Waals surface area contributed by atoms with Gasteiger partial charge in [-0.05, 0) is 96.7 Å². The van der Waals surface area contributed by atoms with Gasteiger partial charge in [-0.2, -0.15) is 0 Å². The summed E-state index contributed by atoms with van der Waals surface area (Å²) in [6.45, 7) is 0.323. The zero-order valence-corrected chi connectivity index (χ0v) is 33.1. The molecule has 0 saturated heterocycles. The minimum Gasteiger partial charge on any atom is -0.490 e. The zero-order chi connectivity index (χ0) is 39.8. The van der Waals surface area contributed by atoms with E-state index in [2.05, 4.69) is 5.32 Å². The summed E-state index contributed by atoms with van der Waals surface area (Å²) in [7, 11) is -4.41. The molecule has 11 heteroatoms. The predicted molar refractivity (Wildman–Crippen MR) is 219 cm³/mol. The zero-order valence-electron chi connectivity index (χ0n) is 32.2. The molecule has 0 heterocycles. The Morgan fingerprint density at radius 1 is 0.684 bits per heavy atom. The van der Waals surface area contributed by atoms with E-state index >= 15 is 0 Å². The Morgan fingerprint density at radius 2 is 1.21 bits per heavy atom. The molecule has 5 aromatic carbocycles. The van der Waals surface area contributed by atoms with Gasteiger partial charge in [0.1, 0.15) is 37.1 Å². The van der Waals surface area contributed by atoms with E-state index in [1.54, 1.807) is 36.4 Å². The van der Waals surface area contributed by atoms with Crippen molar-refractivity contribution in [1.82, 2.24) is 5.32 Å². The maximum atomic E-state index is 14.7. The third-order valence-electron chi connectivity index (χ3n) is 9.98. The standard InChI is InChI=1S/C46H52NO9P/c48-30-11-29-46(55-35-39-22-26-42(27-23-39)53-33-37-14-5-2-6-15-37,57(50,51)31-28-40-16-7-10-19-44(40)56-43-17-8-9-18-43)47-45(49)54-34-38-20-24-41(25-21-38)52-32-36-12-3-1-4-13-36/h1-7,10,12-16,19-27,43,48H,8-9,11,17-18,28-35H2,(H,47,49)(H,50,51). The number of para-hydroxylation sites is 1. The van der Waals surface area contributed by atoms with Crippen LogP contribution in [0.1, 0.15) is 66.3 Å². The van der Waals surface area contributed by atoms with Crippen molar-refractivity contribution in [2.75, 3.05) is 12.8 Å². The highest BCUT2D eigenvalue weighted by molar-refractivity contribution is 7.59. The maximum absolute atomic E-state index is 14.7. The number of nitrogens with one attached hydrogen (secondary N) is 1. The predicted octanol–water partition coefficient (Wildman–Crippen LogP) is 9.55. The minimum absolute atomic E-state index is 0.0862. The summed E-state index contributed by atoms with van der Waals surface area (Å²) in [6, 6.07) is 41.6. The molecule has 10 nitrogen and oxygen atoms in total. The first-order chi connectivity index (χ1) is 27.8. The van der Waals surface area contributed by atoms with Gasteiger partial charge in [0.15, 0.2) is 0 Å². The average Bonchev–Trinajstić information content (AvgIpc) is 3.77. The van der Waals surface area contributed by atoms with Crippen LogP contribution in [0.15, 0.2) is 133 Å². The van der Waals surface area contributed by atoms with Gasteiger partial charge in [0.25, 0.3) is 7.37 Å². The number of aliphatic hydroxyl groups is 1. The first-order valence-electron chi connectivity index (χ1n) is 19.6. The summed E-state index contributed by atoms with van der Waals surface area (Å²) >= 11 is 0. The van der Waals surface area contributed by atoms with Crippen LogP contribution in [0.5, 0.6) is 17.2 Å². The van der Waals surface area contributed by atoms with Gasteiger partial charge in [0, 0.05) is 19.2 Å². The Labute approximate surface area is 335 Å². The molecular weight excluding hydrogens is 741 g/mol. The van der Waals surface area contributed by atoms with Gasteiger partial charge in [-0.1, -0.05) is 103 Å². The molecule has 0 aliphatic heterocycles. The van der Waals surface area contributed by atoms with Crippen LogP contribution >= 0.6 is 7.37 Å². The Hall–Kier alpha value is -5.12. The fourth-order valence-corrected chi connectivity index (χ4v) is 8.65. The average molecular weight is 794 g/mol. The van der Waals surface area contributed by atoms with Gasteiger partial charge in [-0.15, -0.1) is 0 Å². The number of aryl methyl sites for hydroxylation is 1. The molecule has 0 radical (unpaired) electrons. The SMILES string of the molecule is O=C(NC(CCCO)(OCc1ccc(OCc2ccccc2)cc1)P(=O)(O)CCc1ccccc1OC1CCCC1)OCc1ccc(OCc2ccccc2)cc1. The molecule has 1 fully saturated rings. The van der Waals surface area contributed by atoms with Crippen LogP contribution in [0.25, 0.3) is 0 Å². The lowest BCUT2D eigenvalue weighted by Gasteiger charge is -2.38. The molecule has 1 aliphatic carbocycles. The number of alkyl carbamates (subject to hydrolysis) is 1. The van der Waals surface area contributed by atoms with Crippen molar-refractivity contribution >= 4 is 13.5 Å². The molecule has 1 saturated carbocycles. The number of carbonyl (C=O) groups excluding carboxylic acids is 1. The van der Waals surface area contributed by atoms with Crippen LogP contribution in [0.2, 0.25) is 0 Å². The fraction of sp³-hybridized carbons (Fsp3) is 0.326. The Bertz CT molecular complexity index is 2010. The lowest BCUT2D eigenvalue weighted by Crippen LogP contribution is -2.51. The molecule has 0 aromatic heterocycles. The van der Waals surface area contributed by atoms with Crippen molar-refractivity contribution in [2.24, 2.45) is 0 Å². The third kappa shape index (κ3) is 12.4. The van der Waals surface area contributed by atoms with Crippen LogP contribution in [-0.4, -0.2) is 40.4 Å². The van der Waals surface area contributed by atoms with Crippen LogP contribution in [0.3, 0.4) is 0 Å². The molecule has 5 aromatic rings. The first-order valence-corrected chi connectivity index (χ1v) is 21.4. The van der Waals surface area contributed by atoms with Gasteiger partial charge < -0.3 is 33.7 Å². The summed E-state index contributed by atoms with van der Waals surface area (Å²) in [5, 5.41) is 12.6. The van der Waals surface area contributed by atoms with E-state index < -0.39 is 18.9 Å². The largest absolute Gasteiger partial charge is 0.490 e. The number of aliphatic hydroxyl groups excluding tert-OH is 1. The lowest BCUT2D eigenvalue weighted by atomic mass is 10.1. The summed E-state index contributed by atoms with van der Waals surface area (Å²) in [5.41, 5.74) is 2.18. The number of carbonyl (C=O) groups is 1. The van der Waals surface area contributed by atoms with E-state index in [1.165, 1.54) is 0 Å². The highest BCUT2D eigenvalue weighted by Crippen LogP contribution is 2.56. The number of rotatable bonds is 21. The monoisotopic (exact) mass is 793 g/mol. The van der Waals surface area contributed by atoms with Crippen LogP contribution in [0.4, 0.5) is 4.79 Å². The second-order valence-corrected chi connectivity index (χ2v) is 16.8.